The lowest BCUT2D eigenvalue weighted by molar-refractivity contribution is -0.138. The van der Waals surface area contributed by atoms with E-state index in [2.05, 4.69) is 10.3 Å². The monoisotopic (exact) mass is 718 g/mol. The summed E-state index contributed by atoms with van der Waals surface area (Å²) in [5, 5.41) is 2.72. The molecule has 1 fully saturated rings. The maximum atomic E-state index is 13.8. The number of rotatable bonds is 10. The number of carbonyl (C=O) groups is 3. The fourth-order valence-electron chi connectivity index (χ4n) is 5.50. The van der Waals surface area contributed by atoms with Gasteiger partial charge in [-0.15, -0.1) is 0 Å². The molecule has 0 unspecified atom stereocenters. The SMILES string of the molecule is CCOc1ncccc1-c1ccc(N2CCN(C(=O)c3ccc(Cl)cc3C(F)(F)F)C[C@H]2CC)c(C(=O)NCCN(C)C(=O)OC(C)(C)C)n1. The summed E-state index contributed by atoms with van der Waals surface area (Å²) in [5.41, 5.74) is -0.673. The molecule has 2 aromatic heterocycles. The van der Waals surface area contributed by atoms with Gasteiger partial charge in [0.25, 0.3) is 11.8 Å². The van der Waals surface area contributed by atoms with Crippen molar-refractivity contribution in [1.82, 2.24) is 25.1 Å². The van der Waals surface area contributed by atoms with Crippen LogP contribution < -0.4 is 15.0 Å². The Morgan fingerprint density at radius 3 is 2.48 bits per heavy atom. The number of carbonyl (C=O) groups excluding carboxylic acids is 3. The number of hydrogen-bond acceptors (Lipinski definition) is 8. The van der Waals surface area contributed by atoms with Crippen molar-refractivity contribution < 1.29 is 37.0 Å². The van der Waals surface area contributed by atoms with Gasteiger partial charge in [0.15, 0.2) is 5.69 Å². The van der Waals surface area contributed by atoms with Crippen molar-refractivity contribution in [2.24, 2.45) is 0 Å². The number of aromatic nitrogens is 2. The van der Waals surface area contributed by atoms with E-state index in [4.69, 9.17) is 26.1 Å². The second-order valence-electron chi connectivity index (χ2n) is 12.7. The summed E-state index contributed by atoms with van der Waals surface area (Å²) >= 11 is 5.84. The first kappa shape index (κ1) is 38.2. The predicted octanol–water partition coefficient (Wildman–Crippen LogP) is 6.55. The second kappa shape index (κ2) is 16.0. The van der Waals surface area contributed by atoms with Gasteiger partial charge in [-0.3, -0.25) is 9.59 Å². The van der Waals surface area contributed by atoms with Crippen LogP contribution in [-0.2, 0) is 10.9 Å². The first-order chi connectivity index (χ1) is 23.5. The number of nitrogens with one attached hydrogen (secondary N) is 1. The predicted molar refractivity (Wildman–Crippen MR) is 184 cm³/mol. The highest BCUT2D eigenvalue weighted by Gasteiger charge is 2.38. The molecule has 50 heavy (non-hydrogen) atoms. The molecule has 4 rings (SSSR count). The van der Waals surface area contributed by atoms with E-state index in [9.17, 15) is 27.6 Å². The average molecular weight is 719 g/mol. The molecule has 3 aromatic rings. The number of anilines is 1. The topological polar surface area (TPSA) is 117 Å². The minimum atomic E-state index is -4.77. The molecule has 0 bridgehead atoms. The summed E-state index contributed by atoms with van der Waals surface area (Å²) in [7, 11) is 1.57. The number of nitrogens with zero attached hydrogens (tertiary/aromatic N) is 5. The number of hydrogen-bond donors (Lipinski definition) is 1. The molecule has 3 heterocycles. The fraction of sp³-hybridized carbons (Fsp3) is 0.457. The van der Waals surface area contributed by atoms with Crippen LogP contribution in [0, 0.1) is 0 Å². The number of ether oxygens (including phenoxy) is 2. The highest BCUT2D eigenvalue weighted by Crippen LogP contribution is 2.36. The Bertz CT molecular complexity index is 1700. The van der Waals surface area contributed by atoms with Gasteiger partial charge in [0.2, 0.25) is 5.88 Å². The Balaban J connectivity index is 1.63. The molecule has 0 saturated carbocycles. The van der Waals surface area contributed by atoms with Crippen molar-refractivity contribution in [3.05, 3.63) is 70.5 Å². The quantitative estimate of drug-likeness (QED) is 0.251. The summed E-state index contributed by atoms with van der Waals surface area (Å²) in [5.74, 6) is -0.919. The van der Waals surface area contributed by atoms with E-state index >= 15 is 0 Å². The van der Waals surface area contributed by atoms with Crippen LogP contribution in [0.15, 0.2) is 48.7 Å². The summed E-state index contributed by atoms with van der Waals surface area (Å²) in [6.45, 7) is 10.0. The van der Waals surface area contributed by atoms with Crippen LogP contribution in [0.4, 0.5) is 23.7 Å². The maximum absolute atomic E-state index is 13.8. The summed E-state index contributed by atoms with van der Waals surface area (Å²) in [6.07, 6.45) is -3.20. The van der Waals surface area contributed by atoms with Crippen LogP contribution in [0.3, 0.4) is 0 Å². The smallest absolute Gasteiger partial charge is 0.417 e. The minimum absolute atomic E-state index is 0.0870. The van der Waals surface area contributed by atoms with Crippen molar-refractivity contribution in [2.75, 3.05) is 51.3 Å². The van der Waals surface area contributed by atoms with Gasteiger partial charge in [-0.2, -0.15) is 13.2 Å². The van der Waals surface area contributed by atoms with Crippen molar-refractivity contribution in [3.8, 4) is 17.1 Å². The van der Waals surface area contributed by atoms with Crippen molar-refractivity contribution in [2.45, 2.75) is 58.9 Å². The third-order valence-electron chi connectivity index (χ3n) is 7.92. The molecule has 0 radical (unpaired) electrons. The van der Waals surface area contributed by atoms with Crippen molar-refractivity contribution in [3.63, 3.8) is 0 Å². The number of pyridine rings is 2. The fourth-order valence-corrected chi connectivity index (χ4v) is 5.68. The molecule has 0 aliphatic carbocycles. The van der Waals surface area contributed by atoms with Crippen LogP contribution in [0.25, 0.3) is 11.3 Å². The molecular weight excluding hydrogens is 677 g/mol. The lowest BCUT2D eigenvalue weighted by atomic mass is 10.0. The normalized spacial score (nSPS) is 15.0. The van der Waals surface area contributed by atoms with Gasteiger partial charge < -0.3 is 29.5 Å². The van der Waals surface area contributed by atoms with Crippen molar-refractivity contribution in [1.29, 1.82) is 0 Å². The van der Waals surface area contributed by atoms with Gasteiger partial charge in [-0.05, 0) is 76.6 Å². The third kappa shape index (κ3) is 9.34. The zero-order chi connectivity index (χ0) is 36.8. The third-order valence-corrected chi connectivity index (χ3v) is 8.16. The summed E-state index contributed by atoms with van der Waals surface area (Å²) in [6, 6.07) is 9.77. The largest absolute Gasteiger partial charge is 0.477 e. The van der Waals surface area contributed by atoms with E-state index in [0.717, 1.165) is 12.1 Å². The molecule has 3 amide bonds. The van der Waals surface area contributed by atoms with E-state index in [1.54, 1.807) is 58.3 Å². The van der Waals surface area contributed by atoms with Gasteiger partial charge >= 0.3 is 12.3 Å². The van der Waals surface area contributed by atoms with E-state index in [-0.39, 0.29) is 49.5 Å². The zero-order valence-electron chi connectivity index (χ0n) is 28.9. The van der Waals surface area contributed by atoms with Gasteiger partial charge in [-0.1, -0.05) is 18.5 Å². The molecule has 11 nitrogen and oxygen atoms in total. The second-order valence-corrected chi connectivity index (χ2v) is 13.1. The lowest BCUT2D eigenvalue weighted by Gasteiger charge is -2.43. The highest BCUT2D eigenvalue weighted by molar-refractivity contribution is 6.30. The van der Waals surface area contributed by atoms with E-state index in [1.807, 2.05) is 18.7 Å². The average Bonchev–Trinajstić information content (AvgIpc) is 3.06. The molecule has 1 aromatic carbocycles. The van der Waals surface area contributed by atoms with Crippen LogP contribution >= 0.6 is 11.6 Å². The molecule has 1 saturated heterocycles. The van der Waals surface area contributed by atoms with Gasteiger partial charge in [-0.25, -0.2) is 14.8 Å². The van der Waals surface area contributed by atoms with E-state index < -0.39 is 40.8 Å². The Morgan fingerprint density at radius 2 is 1.82 bits per heavy atom. The number of piperazine rings is 1. The number of likely N-dealkylation sites (N-methyl/N-ethyl adjacent to an activating group) is 1. The molecule has 1 aliphatic heterocycles. The standard InChI is InChI=1S/C35H42ClF3N6O5/c1-7-23-21-44(32(47)24-12-11-22(36)20-26(24)35(37,38)39)18-19-45(23)28-14-13-27(25-10-9-15-41-31(25)49-8-2)42-29(28)30(46)40-16-17-43(6)33(48)50-34(3,4)5/h9-15,20,23H,7-8,16-19,21H2,1-6H3,(H,40,46)/t23-/m1/s1. The van der Waals surface area contributed by atoms with Gasteiger partial charge in [0.1, 0.15) is 5.60 Å². The molecule has 15 heteroatoms. The maximum Gasteiger partial charge on any atom is 0.417 e. The Hall–Kier alpha value is -4.59. The number of benzene rings is 1. The first-order valence-corrected chi connectivity index (χ1v) is 16.7. The Kier molecular flexibility index (Phi) is 12.2. The molecule has 0 spiro atoms. The van der Waals surface area contributed by atoms with Gasteiger partial charge in [0, 0.05) is 57.0 Å². The highest BCUT2D eigenvalue weighted by atomic mass is 35.5. The number of alkyl halides is 3. The Morgan fingerprint density at radius 1 is 1.08 bits per heavy atom. The van der Waals surface area contributed by atoms with E-state index in [0.29, 0.717) is 35.9 Å². The Labute approximate surface area is 294 Å². The van der Waals surface area contributed by atoms with E-state index in [1.165, 1.54) is 15.9 Å². The first-order valence-electron chi connectivity index (χ1n) is 16.3. The lowest BCUT2D eigenvalue weighted by Crippen LogP contribution is -2.55. The van der Waals surface area contributed by atoms with Crippen LogP contribution in [0.1, 0.15) is 67.4 Å². The summed E-state index contributed by atoms with van der Waals surface area (Å²) < 4.78 is 52.6. The molecule has 1 atom stereocenters. The van der Waals surface area contributed by atoms with Crippen LogP contribution in [0.2, 0.25) is 5.02 Å². The van der Waals surface area contributed by atoms with Crippen LogP contribution in [0.5, 0.6) is 5.88 Å². The number of halogens is 4. The zero-order valence-corrected chi connectivity index (χ0v) is 29.7. The molecule has 270 valence electrons. The van der Waals surface area contributed by atoms with Crippen LogP contribution in [-0.4, -0.2) is 95.7 Å². The molecule has 1 N–H and O–H groups in total. The minimum Gasteiger partial charge on any atom is -0.477 e. The molecular formula is C35H42ClF3N6O5. The molecule has 1 aliphatic rings. The van der Waals surface area contributed by atoms with Crippen molar-refractivity contribution >= 4 is 35.2 Å². The summed E-state index contributed by atoms with van der Waals surface area (Å²) in [4.78, 5) is 53.5. The number of amides is 3. The van der Waals surface area contributed by atoms with Gasteiger partial charge in [0.05, 0.1) is 34.7 Å².